The van der Waals surface area contributed by atoms with Gasteiger partial charge in [-0.3, -0.25) is 4.79 Å². The average molecular weight is 356 g/mol. The van der Waals surface area contributed by atoms with Crippen LogP contribution in [0.15, 0.2) is 18.2 Å². The number of ketones is 1. The molecule has 0 aromatic heterocycles. The van der Waals surface area contributed by atoms with Crippen molar-refractivity contribution in [2.24, 2.45) is 17.8 Å². The van der Waals surface area contributed by atoms with Gasteiger partial charge in [-0.15, -0.1) is 0 Å². The molecule has 1 aromatic rings. The Morgan fingerprint density at radius 2 is 1.73 bits per heavy atom. The van der Waals surface area contributed by atoms with Crippen LogP contribution in [0.1, 0.15) is 54.4 Å². The van der Waals surface area contributed by atoms with Crippen molar-refractivity contribution in [3.8, 4) is 5.75 Å². The topological polar surface area (TPSA) is 72.8 Å². The van der Waals surface area contributed by atoms with Crippen LogP contribution in [0.3, 0.4) is 0 Å². The number of ether oxygens (including phenoxy) is 2. The van der Waals surface area contributed by atoms with Crippen molar-refractivity contribution in [2.45, 2.75) is 56.1 Å². The van der Waals surface area contributed by atoms with Crippen molar-refractivity contribution in [2.75, 3.05) is 7.11 Å². The Bertz CT molecular complexity index is 762. The van der Waals surface area contributed by atoms with Crippen molar-refractivity contribution in [3.63, 3.8) is 0 Å². The summed E-state index contributed by atoms with van der Waals surface area (Å²) in [5.41, 5.74) is -1.54. The molecule has 0 radical (unpaired) electrons. The fourth-order valence-corrected chi connectivity index (χ4v) is 6.23. The molecule has 4 bridgehead atoms. The standard InChI is InChI=1S/C21H24O5/c1-25-16-3-2-15-11-21(24,18(22)17(15)7-16)19(23)26-20-8-12-4-13(9-20)6-14(5-12)10-20/h2-3,7,12-14,24H,4-6,8-11H2,1H3/t12?,13?,14?,20?,21-/m0/s1. The molecule has 0 heterocycles. The van der Waals surface area contributed by atoms with Crippen molar-refractivity contribution >= 4 is 11.8 Å². The monoisotopic (exact) mass is 356 g/mol. The molecule has 5 heteroatoms. The van der Waals surface area contributed by atoms with E-state index in [9.17, 15) is 14.7 Å². The van der Waals surface area contributed by atoms with Gasteiger partial charge >= 0.3 is 5.97 Å². The van der Waals surface area contributed by atoms with Gasteiger partial charge in [0.15, 0.2) is 0 Å². The molecule has 4 saturated carbocycles. The maximum atomic E-state index is 13.0. The van der Waals surface area contributed by atoms with Crippen LogP contribution >= 0.6 is 0 Å². The highest BCUT2D eigenvalue weighted by molar-refractivity contribution is 6.18. The van der Waals surface area contributed by atoms with Gasteiger partial charge in [-0.25, -0.2) is 4.79 Å². The number of methoxy groups -OCH3 is 1. The van der Waals surface area contributed by atoms with Gasteiger partial charge in [-0.05, 0) is 74.0 Å². The SMILES string of the molecule is COc1ccc2c(c1)C(=O)[C@](O)(C(=O)OC13CC4CC(CC(C4)C1)C3)C2. The molecule has 4 fully saturated rings. The fraction of sp³-hybridized carbons (Fsp3) is 0.619. The number of aliphatic hydroxyl groups is 1. The average Bonchev–Trinajstić information content (AvgIpc) is 2.85. The Hall–Kier alpha value is -1.88. The molecule has 0 spiro atoms. The minimum absolute atomic E-state index is 0.0175. The molecule has 1 aromatic carbocycles. The van der Waals surface area contributed by atoms with Crippen molar-refractivity contribution in [1.29, 1.82) is 0 Å². The summed E-state index contributed by atoms with van der Waals surface area (Å²) in [6, 6.07) is 5.07. The fourth-order valence-electron chi connectivity index (χ4n) is 6.23. The molecule has 5 aliphatic rings. The Labute approximate surface area is 152 Å². The summed E-state index contributed by atoms with van der Waals surface area (Å²) in [4.78, 5) is 25.8. The number of carbonyl (C=O) groups excluding carboxylic acids is 2. The molecule has 26 heavy (non-hydrogen) atoms. The van der Waals surface area contributed by atoms with E-state index in [-0.39, 0.29) is 6.42 Å². The summed E-state index contributed by atoms with van der Waals surface area (Å²) in [5.74, 6) is 1.09. The second-order valence-corrected chi connectivity index (χ2v) is 8.88. The maximum Gasteiger partial charge on any atom is 0.347 e. The second kappa shape index (κ2) is 5.32. The maximum absolute atomic E-state index is 13.0. The number of hydrogen-bond donors (Lipinski definition) is 1. The van der Waals surface area contributed by atoms with Crippen molar-refractivity contribution in [3.05, 3.63) is 29.3 Å². The zero-order valence-electron chi connectivity index (χ0n) is 15.0. The smallest absolute Gasteiger partial charge is 0.347 e. The van der Waals surface area contributed by atoms with E-state index in [2.05, 4.69) is 0 Å². The number of rotatable bonds is 3. The van der Waals surface area contributed by atoms with Gasteiger partial charge in [0.2, 0.25) is 11.4 Å². The summed E-state index contributed by atoms with van der Waals surface area (Å²) in [5, 5.41) is 11.0. The van der Waals surface area contributed by atoms with Crippen molar-refractivity contribution in [1.82, 2.24) is 0 Å². The van der Waals surface area contributed by atoms with Crippen LogP contribution < -0.4 is 4.74 Å². The predicted octanol–water partition coefficient (Wildman–Crippen LogP) is 2.68. The van der Waals surface area contributed by atoms with E-state index in [4.69, 9.17) is 9.47 Å². The van der Waals surface area contributed by atoms with Crippen molar-refractivity contribution < 1.29 is 24.2 Å². The predicted molar refractivity (Wildman–Crippen MR) is 93.0 cm³/mol. The lowest BCUT2D eigenvalue weighted by Gasteiger charge is -2.56. The molecule has 1 N–H and O–H groups in total. The van der Waals surface area contributed by atoms with E-state index in [0.29, 0.717) is 34.6 Å². The molecule has 0 saturated heterocycles. The molecule has 0 amide bonds. The molecular weight excluding hydrogens is 332 g/mol. The van der Waals surface area contributed by atoms with E-state index in [1.165, 1.54) is 26.4 Å². The normalized spacial score (nSPS) is 39.8. The third-order valence-corrected chi connectivity index (χ3v) is 7.01. The van der Waals surface area contributed by atoms with E-state index >= 15 is 0 Å². The largest absolute Gasteiger partial charge is 0.497 e. The van der Waals surface area contributed by atoms with Gasteiger partial charge in [0.25, 0.3) is 0 Å². The van der Waals surface area contributed by atoms with Gasteiger partial charge in [-0.1, -0.05) is 6.07 Å². The third kappa shape index (κ3) is 2.26. The zero-order chi connectivity index (χ0) is 18.1. The Balaban J connectivity index is 1.40. The van der Waals surface area contributed by atoms with Gasteiger partial charge in [-0.2, -0.15) is 0 Å². The lowest BCUT2D eigenvalue weighted by Crippen LogP contribution is -2.56. The molecule has 1 atom stereocenters. The molecule has 0 unspecified atom stereocenters. The van der Waals surface area contributed by atoms with Crippen LogP contribution in [-0.4, -0.2) is 35.2 Å². The summed E-state index contributed by atoms with van der Waals surface area (Å²) >= 11 is 0. The number of fused-ring (bicyclic) bond motifs is 1. The number of carbonyl (C=O) groups is 2. The summed E-state index contributed by atoms with van der Waals surface area (Å²) < 4.78 is 11.1. The van der Waals surface area contributed by atoms with Crippen LogP contribution in [-0.2, 0) is 16.0 Å². The third-order valence-electron chi connectivity index (χ3n) is 7.01. The highest BCUT2D eigenvalue weighted by Crippen LogP contribution is 2.57. The number of hydrogen-bond acceptors (Lipinski definition) is 5. The molecule has 138 valence electrons. The highest BCUT2D eigenvalue weighted by atomic mass is 16.6. The number of Topliss-reactive ketones (excluding diaryl/α,β-unsaturated/α-hetero) is 1. The minimum atomic E-state index is -2.10. The highest BCUT2D eigenvalue weighted by Gasteiger charge is 2.57. The van der Waals surface area contributed by atoms with Gasteiger partial charge < -0.3 is 14.6 Å². The molecular formula is C21H24O5. The zero-order valence-corrected chi connectivity index (χ0v) is 15.0. The van der Waals surface area contributed by atoms with Gasteiger partial charge in [0, 0.05) is 12.0 Å². The van der Waals surface area contributed by atoms with Crippen LogP contribution in [0, 0.1) is 17.8 Å². The Kier molecular flexibility index (Phi) is 3.34. The first-order chi connectivity index (χ1) is 12.4. The molecule has 5 aliphatic carbocycles. The Morgan fingerprint density at radius 1 is 1.12 bits per heavy atom. The Morgan fingerprint density at radius 3 is 2.31 bits per heavy atom. The van der Waals surface area contributed by atoms with E-state index in [1.807, 2.05) is 0 Å². The first kappa shape index (κ1) is 16.3. The molecule has 5 nitrogen and oxygen atoms in total. The molecule has 6 rings (SSSR count). The first-order valence-corrected chi connectivity index (χ1v) is 9.58. The van der Waals surface area contributed by atoms with Crippen LogP contribution in [0.5, 0.6) is 5.75 Å². The first-order valence-electron chi connectivity index (χ1n) is 9.58. The van der Waals surface area contributed by atoms with Gasteiger partial charge in [0.05, 0.1) is 7.11 Å². The van der Waals surface area contributed by atoms with E-state index < -0.39 is 23.0 Å². The van der Waals surface area contributed by atoms with Crippen LogP contribution in [0.2, 0.25) is 0 Å². The van der Waals surface area contributed by atoms with Crippen LogP contribution in [0.4, 0.5) is 0 Å². The lowest BCUT2D eigenvalue weighted by molar-refractivity contribution is -0.199. The second-order valence-electron chi connectivity index (χ2n) is 8.88. The quantitative estimate of drug-likeness (QED) is 0.666. The minimum Gasteiger partial charge on any atom is -0.497 e. The lowest BCUT2D eigenvalue weighted by atomic mass is 9.54. The van der Waals surface area contributed by atoms with E-state index in [1.54, 1.807) is 18.2 Å². The van der Waals surface area contributed by atoms with E-state index in [0.717, 1.165) is 19.3 Å². The summed E-state index contributed by atoms with van der Waals surface area (Å²) in [6.07, 6.45) is 6.36. The van der Waals surface area contributed by atoms with Crippen LogP contribution in [0.25, 0.3) is 0 Å². The number of benzene rings is 1. The summed E-state index contributed by atoms with van der Waals surface area (Å²) in [7, 11) is 1.52. The molecule has 0 aliphatic heterocycles. The summed E-state index contributed by atoms with van der Waals surface area (Å²) in [6.45, 7) is 0. The number of esters is 1. The van der Waals surface area contributed by atoms with Gasteiger partial charge in [0.1, 0.15) is 11.4 Å².